The van der Waals surface area contributed by atoms with Gasteiger partial charge in [0.05, 0.1) is 11.8 Å². The summed E-state index contributed by atoms with van der Waals surface area (Å²) in [5.41, 5.74) is 1.04. The summed E-state index contributed by atoms with van der Waals surface area (Å²) in [6.07, 6.45) is 4.73. The summed E-state index contributed by atoms with van der Waals surface area (Å²) in [4.78, 5) is 4.57. The summed E-state index contributed by atoms with van der Waals surface area (Å²) in [7, 11) is 0. The Morgan fingerprint density at radius 1 is 1.35 bits per heavy atom. The Balaban J connectivity index is 1.88. The zero-order chi connectivity index (χ0) is 16.5. The first-order valence-electron chi connectivity index (χ1n) is 8.86. The van der Waals surface area contributed by atoms with E-state index in [1.807, 2.05) is 6.07 Å². The summed E-state index contributed by atoms with van der Waals surface area (Å²) >= 11 is 0. The third-order valence-electron chi connectivity index (χ3n) is 4.24. The third-order valence-corrected chi connectivity index (χ3v) is 4.24. The Kier molecular flexibility index (Phi) is 7.39. The lowest BCUT2D eigenvalue weighted by molar-refractivity contribution is 0.114. The molecule has 1 aliphatic rings. The zero-order valence-corrected chi connectivity index (χ0v) is 14.6. The quantitative estimate of drug-likeness (QED) is 0.569. The van der Waals surface area contributed by atoms with Gasteiger partial charge in [0.1, 0.15) is 6.54 Å². The first-order chi connectivity index (χ1) is 11.3. The zero-order valence-electron chi connectivity index (χ0n) is 14.6. The number of aromatic nitrogens is 1. The molecule has 1 atom stereocenters. The number of rotatable bonds is 8. The first kappa shape index (κ1) is 17.8. The second-order valence-corrected chi connectivity index (χ2v) is 5.94. The first-order valence-corrected chi connectivity index (χ1v) is 8.86. The van der Waals surface area contributed by atoms with E-state index in [2.05, 4.69) is 41.6 Å². The molecular weight excluding hydrogens is 292 g/mol. The fraction of sp³-hybridized carbons (Fsp3) is 0.765. The summed E-state index contributed by atoms with van der Waals surface area (Å²) in [5.74, 6) is 2.08. The molecule has 1 saturated heterocycles. The highest BCUT2D eigenvalue weighted by atomic mass is 16.5. The van der Waals surface area contributed by atoms with E-state index in [1.54, 1.807) is 0 Å². The fourth-order valence-corrected chi connectivity index (χ4v) is 2.82. The Morgan fingerprint density at radius 2 is 2.17 bits per heavy atom. The molecule has 2 heterocycles. The maximum absolute atomic E-state index is 5.62. The molecule has 0 amide bonds. The van der Waals surface area contributed by atoms with Crippen LogP contribution in [0.3, 0.4) is 0 Å². The molecule has 0 spiro atoms. The Labute approximate surface area is 139 Å². The molecule has 2 N–H and O–H groups in total. The highest BCUT2D eigenvalue weighted by Crippen LogP contribution is 2.22. The second kappa shape index (κ2) is 9.55. The van der Waals surface area contributed by atoms with Gasteiger partial charge in [0.25, 0.3) is 0 Å². The highest BCUT2D eigenvalue weighted by molar-refractivity contribution is 5.79. The minimum absolute atomic E-state index is 0.297. The molecule has 6 nitrogen and oxygen atoms in total. The molecule has 23 heavy (non-hydrogen) atoms. The summed E-state index contributed by atoms with van der Waals surface area (Å²) < 4.78 is 11.0. The molecule has 0 aromatic carbocycles. The van der Waals surface area contributed by atoms with Gasteiger partial charge in [0.2, 0.25) is 0 Å². The average Bonchev–Trinajstić information content (AvgIpc) is 3.23. The van der Waals surface area contributed by atoms with Gasteiger partial charge < -0.3 is 19.9 Å². The van der Waals surface area contributed by atoms with Crippen molar-refractivity contribution in [3.05, 3.63) is 17.5 Å². The van der Waals surface area contributed by atoms with Gasteiger partial charge in [0, 0.05) is 31.7 Å². The lowest BCUT2D eigenvalue weighted by Gasteiger charge is -2.14. The molecule has 1 fully saturated rings. The van der Waals surface area contributed by atoms with Crippen LogP contribution in [0.4, 0.5) is 0 Å². The third kappa shape index (κ3) is 5.53. The van der Waals surface area contributed by atoms with Crippen molar-refractivity contribution in [1.29, 1.82) is 0 Å². The van der Waals surface area contributed by atoms with Gasteiger partial charge >= 0.3 is 0 Å². The molecule has 1 aromatic heterocycles. The molecular formula is C17H30N4O2. The summed E-state index contributed by atoms with van der Waals surface area (Å²) in [6.45, 7) is 9.40. The van der Waals surface area contributed by atoms with E-state index in [9.17, 15) is 0 Å². The van der Waals surface area contributed by atoms with E-state index in [0.717, 1.165) is 62.8 Å². The monoisotopic (exact) mass is 322 g/mol. The Morgan fingerprint density at radius 3 is 2.83 bits per heavy atom. The van der Waals surface area contributed by atoms with Gasteiger partial charge in [-0.25, -0.2) is 4.99 Å². The fourth-order valence-electron chi connectivity index (χ4n) is 2.82. The number of nitrogens with one attached hydrogen (secondary N) is 2. The van der Waals surface area contributed by atoms with Gasteiger partial charge in [-0.1, -0.05) is 19.0 Å². The average molecular weight is 322 g/mol. The van der Waals surface area contributed by atoms with Crippen LogP contribution in [0, 0.1) is 0 Å². The van der Waals surface area contributed by atoms with Gasteiger partial charge in [-0.2, -0.15) is 0 Å². The summed E-state index contributed by atoms with van der Waals surface area (Å²) in [6, 6.07) is 2.03. The van der Waals surface area contributed by atoms with Gasteiger partial charge in [-0.15, -0.1) is 0 Å². The molecule has 0 radical (unpaired) electrons. The Bertz CT molecular complexity index is 477. The predicted octanol–water partition coefficient (Wildman–Crippen LogP) is 2.81. The molecule has 1 aromatic rings. The van der Waals surface area contributed by atoms with Crippen LogP contribution in [0.15, 0.2) is 15.6 Å². The molecule has 1 aliphatic heterocycles. The van der Waals surface area contributed by atoms with Crippen molar-refractivity contribution in [2.45, 2.75) is 65.0 Å². The normalized spacial score (nSPS) is 18.6. The van der Waals surface area contributed by atoms with Crippen molar-refractivity contribution in [2.75, 3.05) is 19.7 Å². The van der Waals surface area contributed by atoms with E-state index >= 15 is 0 Å². The molecule has 0 bridgehead atoms. The van der Waals surface area contributed by atoms with E-state index < -0.39 is 0 Å². The number of nitrogens with zero attached hydrogens (tertiary/aromatic N) is 2. The van der Waals surface area contributed by atoms with Crippen molar-refractivity contribution in [1.82, 2.24) is 15.8 Å². The molecule has 0 aliphatic carbocycles. The Hall–Kier alpha value is -1.56. The number of ether oxygens (including phenoxy) is 1. The molecule has 0 saturated carbocycles. The van der Waals surface area contributed by atoms with E-state index in [-0.39, 0.29) is 0 Å². The SMILES string of the molecule is CCNC(=NCc1cc(C(CC)CC)no1)NCC1CCCO1. The predicted molar refractivity (Wildman–Crippen MR) is 91.6 cm³/mol. The molecule has 6 heteroatoms. The smallest absolute Gasteiger partial charge is 0.191 e. The van der Waals surface area contributed by atoms with Crippen LogP contribution in [0.1, 0.15) is 63.8 Å². The maximum atomic E-state index is 5.62. The number of hydrogen-bond acceptors (Lipinski definition) is 4. The van der Waals surface area contributed by atoms with Crippen LogP contribution in [0.5, 0.6) is 0 Å². The standard InChI is InChI=1S/C17H30N4O2/c1-4-13(5-2)16-10-15(23-21-16)12-20-17(18-6-3)19-11-14-8-7-9-22-14/h10,13-14H,4-9,11-12H2,1-3H3,(H2,18,19,20). The van der Waals surface area contributed by atoms with Crippen LogP contribution in [-0.4, -0.2) is 36.9 Å². The minimum atomic E-state index is 0.297. The molecule has 1 unspecified atom stereocenters. The van der Waals surface area contributed by atoms with Crippen LogP contribution in [0.2, 0.25) is 0 Å². The van der Waals surface area contributed by atoms with E-state index in [4.69, 9.17) is 9.26 Å². The summed E-state index contributed by atoms with van der Waals surface area (Å²) in [5, 5.41) is 10.8. The van der Waals surface area contributed by atoms with Gasteiger partial charge in [-0.3, -0.25) is 0 Å². The van der Waals surface area contributed by atoms with Crippen molar-refractivity contribution in [2.24, 2.45) is 4.99 Å². The van der Waals surface area contributed by atoms with Crippen molar-refractivity contribution in [3.63, 3.8) is 0 Å². The highest BCUT2D eigenvalue weighted by Gasteiger charge is 2.16. The van der Waals surface area contributed by atoms with Gasteiger partial charge in [-0.05, 0) is 32.6 Å². The maximum Gasteiger partial charge on any atom is 0.191 e. The van der Waals surface area contributed by atoms with E-state index in [1.165, 1.54) is 0 Å². The topological polar surface area (TPSA) is 71.7 Å². The van der Waals surface area contributed by atoms with Crippen LogP contribution in [-0.2, 0) is 11.3 Å². The molecule has 2 rings (SSSR count). The lowest BCUT2D eigenvalue weighted by atomic mass is 9.99. The van der Waals surface area contributed by atoms with Crippen molar-refractivity contribution < 1.29 is 9.26 Å². The van der Waals surface area contributed by atoms with Crippen molar-refractivity contribution >= 4 is 5.96 Å². The number of aliphatic imine (C=N–C) groups is 1. The van der Waals surface area contributed by atoms with Gasteiger partial charge in [0.15, 0.2) is 11.7 Å². The van der Waals surface area contributed by atoms with E-state index in [0.29, 0.717) is 18.6 Å². The van der Waals surface area contributed by atoms with Crippen LogP contribution < -0.4 is 10.6 Å². The minimum Gasteiger partial charge on any atom is -0.376 e. The van der Waals surface area contributed by atoms with Crippen LogP contribution >= 0.6 is 0 Å². The lowest BCUT2D eigenvalue weighted by Crippen LogP contribution is -2.41. The van der Waals surface area contributed by atoms with Crippen molar-refractivity contribution in [3.8, 4) is 0 Å². The second-order valence-electron chi connectivity index (χ2n) is 5.94. The number of hydrogen-bond donors (Lipinski definition) is 2. The largest absolute Gasteiger partial charge is 0.376 e. The molecule has 130 valence electrons. The number of guanidine groups is 1. The van der Waals surface area contributed by atoms with Crippen LogP contribution in [0.25, 0.3) is 0 Å².